The van der Waals surface area contributed by atoms with Crippen LogP contribution in [0.4, 0.5) is 11.4 Å². The van der Waals surface area contributed by atoms with Gasteiger partial charge in [-0.2, -0.15) is 0 Å². The van der Waals surface area contributed by atoms with Crippen molar-refractivity contribution in [2.24, 2.45) is 5.73 Å². The molecule has 1 amide bonds. The molecule has 0 atom stereocenters. The number of nitrogens with two attached hydrogens (primary N) is 1. The number of carbonyl (C=O) groups excluding carboxylic acids is 1. The standard InChI is InChI=1S/C9H6N3O3/c10-9(13)6-4-11-8-5(6)2-1-3-7(8)12(14)15/h1-4H,(H2,10,13). The first kappa shape index (κ1) is 9.20. The molecule has 1 aliphatic rings. The van der Waals surface area contributed by atoms with Crippen LogP contribution in [0, 0.1) is 10.1 Å². The molecule has 0 aromatic heterocycles. The maximum Gasteiger partial charge on any atom is 0.295 e. The second-order valence-corrected chi connectivity index (χ2v) is 2.97. The van der Waals surface area contributed by atoms with Crippen molar-refractivity contribution in [2.45, 2.75) is 0 Å². The van der Waals surface area contributed by atoms with Crippen LogP contribution in [0.1, 0.15) is 5.56 Å². The van der Waals surface area contributed by atoms with Crippen molar-refractivity contribution >= 4 is 22.9 Å². The Bertz CT molecular complexity index is 493. The molecule has 2 rings (SSSR count). The van der Waals surface area contributed by atoms with Gasteiger partial charge in [0, 0.05) is 17.8 Å². The number of nitrogens with zero attached hydrogens (tertiary/aromatic N) is 2. The van der Waals surface area contributed by atoms with Gasteiger partial charge in [0.05, 0.1) is 10.5 Å². The Balaban J connectivity index is 2.57. The van der Waals surface area contributed by atoms with E-state index < -0.39 is 10.8 Å². The molecule has 0 unspecified atom stereocenters. The molecule has 0 saturated heterocycles. The number of hydrogen-bond donors (Lipinski definition) is 1. The van der Waals surface area contributed by atoms with Crippen LogP contribution in [0.2, 0.25) is 0 Å². The molecule has 6 nitrogen and oxygen atoms in total. The number of benzene rings is 1. The number of rotatable bonds is 2. The van der Waals surface area contributed by atoms with E-state index in [0.29, 0.717) is 5.56 Å². The first-order valence-electron chi connectivity index (χ1n) is 4.10. The number of nitro benzene ring substituents is 1. The van der Waals surface area contributed by atoms with E-state index in [4.69, 9.17) is 5.73 Å². The molecule has 0 bridgehead atoms. The van der Waals surface area contributed by atoms with E-state index in [0.717, 1.165) is 0 Å². The number of nitro groups is 1. The van der Waals surface area contributed by atoms with E-state index in [-0.39, 0.29) is 16.9 Å². The number of primary amides is 1. The predicted octanol–water partition coefficient (Wildman–Crippen LogP) is 0.670. The molecule has 2 N–H and O–H groups in total. The molecule has 1 aromatic rings. The van der Waals surface area contributed by atoms with Crippen LogP contribution in [0.15, 0.2) is 24.4 Å². The molecule has 1 aliphatic heterocycles. The second-order valence-electron chi connectivity index (χ2n) is 2.97. The molecule has 0 fully saturated rings. The smallest absolute Gasteiger partial charge is 0.295 e. The van der Waals surface area contributed by atoms with E-state index in [9.17, 15) is 14.9 Å². The highest BCUT2D eigenvalue weighted by Crippen LogP contribution is 2.36. The molecule has 6 heteroatoms. The molecule has 15 heavy (non-hydrogen) atoms. The normalized spacial score (nSPS) is 12.7. The van der Waals surface area contributed by atoms with Gasteiger partial charge in [0.25, 0.3) is 11.6 Å². The quantitative estimate of drug-likeness (QED) is 0.565. The Morgan fingerprint density at radius 2 is 2.20 bits per heavy atom. The summed E-state index contributed by atoms with van der Waals surface area (Å²) < 4.78 is 0. The third kappa shape index (κ3) is 1.32. The third-order valence-corrected chi connectivity index (χ3v) is 2.09. The summed E-state index contributed by atoms with van der Waals surface area (Å²) in [4.78, 5) is 21.1. The molecule has 1 aromatic carbocycles. The van der Waals surface area contributed by atoms with Crippen molar-refractivity contribution in [3.8, 4) is 0 Å². The lowest BCUT2D eigenvalue weighted by molar-refractivity contribution is -0.384. The summed E-state index contributed by atoms with van der Waals surface area (Å²) >= 11 is 0. The van der Waals surface area contributed by atoms with Gasteiger partial charge in [-0.3, -0.25) is 14.9 Å². The molecule has 0 saturated carbocycles. The van der Waals surface area contributed by atoms with Gasteiger partial charge in [-0.15, -0.1) is 0 Å². The maximum atomic E-state index is 11.0. The molecule has 0 aliphatic carbocycles. The number of hydrogen-bond acceptors (Lipinski definition) is 3. The average molecular weight is 204 g/mol. The van der Waals surface area contributed by atoms with Gasteiger partial charge >= 0.3 is 0 Å². The highest BCUT2D eigenvalue weighted by Gasteiger charge is 2.26. The fraction of sp³-hybridized carbons (Fsp3) is 0. The lowest BCUT2D eigenvalue weighted by Gasteiger charge is -2.00. The third-order valence-electron chi connectivity index (χ3n) is 2.09. The summed E-state index contributed by atoms with van der Waals surface area (Å²) in [6, 6.07) is 4.41. The molecular formula is C9H6N3O3. The van der Waals surface area contributed by atoms with E-state index >= 15 is 0 Å². The average Bonchev–Trinajstić information content (AvgIpc) is 2.59. The first-order valence-corrected chi connectivity index (χ1v) is 4.10. The van der Waals surface area contributed by atoms with Crippen molar-refractivity contribution < 1.29 is 9.72 Å². The van der Waals surface area contributed by atoms with Gasteiger partial charge in [0.2, 0.25) is 0 Å². The topological polar surface area (TPSA) is 100 Å². The number of carbonyl (C=O) groups is 1. The fourth-order valence-corrected chi connectivity index (χ4v) is 1.43. The minimum Gasteiger partial charge on any atom is -0.366 e. The zero-order valence-corrected chi connectivity index (χ0v) is 7.51. The highest BCUT2D eigenvalue weighted by molar-refractivity contribution is 6.21. The zero-order chi connectivity index (χ0) is 11.0. The van der Waals surface area contributed by atoms with Crippen molar-refractivity contribution in [3.63, 3.8) is 0 Å². The predicted molar refractivity (Wildman–Crippen MR) is 52.1 cm³/mol. The van der Waals surface area contributed by atoms with Crippen molar-refractivity contribution in [3.05, 3.63) is 40.1 Å². The van der Waals surface area contributed by atoms with Crippen LogP contribution in [-0.2, 0) is 4.79 Å². The second kappa shape index (κ2) is 3.09. The summed E-state index contributed by atoms with van der Waals surface area (Å²) in [5, 5.41) is 14.5. The van der Waals surface area contributed by atoms with Gasteiger partial charge in [0.1, 0.15) is 5.69 Å². The molecule has 1 heterocycles. The number of para-hydroxylation sites is 1. The van der Waals surface area contributed by atoms with E-state index in [2.05, 4.69) is 5.32 Å². The highest BCUT2D eigenvalue weighted by atomic mass is 16.6. The summed E-state index contributed by atoms with van der Waals surface area (Å²) in [7, 11) is 0. The zero-order valence-electron chi connectivity index (χ0n) is 7.51. The van der Waals surface area contributed by atoms with Crippen LogP contribution in [0.3, 0.4) is 0 Å². The van der Waals surface area contributed by atoms with Crippen molar-refractivity contribution in [1.82, 2.24) is 5.32 Å². The lowest BCUT2D eigenvalue weighted by atomic mass is 10.1. The Kier molecular flexibility index (Phi) is 1.89. The SMILES string of the molecule is NC(=O)C1=C[N]c2c1cccc2[N+](=O)[O-]. The van der Waals surface area contributed by atoms with Crippen LogP contribution in [-0.4, -0.2) is 10.8 Å². The van der Waals surface area contributed by atoms with Crippen LogP contribution in [0.5, 0.6) is 0 Å². The van der Waals surface area contributed by atoms with E-state index in [1.165, 1.54) is 18.3 Å². The first-order chi connectivity index (χ1) is 7.11. The minimum atomic E-state index is -0.641. The van der Waals surface area contributed by atoms with Crippen molar-refractivity contribution in [2.75, 3.05) is 0 Å². The Labute approximate surface area is 84.5 Å². The monoisotopic (exact) mass is 204 g/mol. The Morgan fingerprint density at radius 3 is 2.80 bits per heavy atom. The number of amides is 1. The molecule has 0 spiro atoms. The molecule has 1 radical (unpaired) electrons. The van der Waals surface area contributed by atoms with Crippen LogP contribution < -0.4 is 11.1 Å². The van der Waals surface area contributed by atoms with E-state index in [1.54, 1.807) is 6.07 Å². The summed E-state index contributed by atoms with van der Waals surface area (Å²) in [5.74, 6) is -0.641. The fourth-order valence-electron chi connectivity index (χ4n) is 1.43. The van der Waals surface area contributed by atoms with Gasteiger partial charge < -0.3 is 5.73 Å². The number of fused-ring (bicyclic) bond motifs is 1. The summed E-state index contributed by atoms with van der Waals surface area (Å²) in [6.45, 7) is 0. The summed E-state index contributed by atoms with van der Waals surface area (Å²) in [5.41, 5.74) is 5.78. The van der Waals surface area contributed by atoms with E-state index in [1.807, 2.05) is 0 Å². The maximum absolute atomic E-state index is 11.0. The van der Waals surface area contributed by atoms with Gasteiger partial charge in [-0.25, -0.2) is 5.32 Å². The Morgan fingerprint density at radius 1 is 1.47 bits per heavy atom. The van der Waals surface area contributed by atoms with Crippen molar-refractivity contribution in [1.29, 1.82) is 0 Å². The van der Waals surface area contributed by atoms with Crippen LogP contribution in [0.25, 0.3) is 5.57 Å². The lowest BCUT2D eigenvalue weighted by Crippen LogP contribution is -2.11. The minimum absolute atomic E-state index is 0.125. The van der Waals surface area contributed by atoms with Gasteiger partial charge in [0.15, 0.2) is 0 Å². The molecular weight excluding hydrogens is 198 g/mol. The molecule has 75 valence electrons. The van der Waals surface area contributed by atoms with Crippen LogP contribution >= 0.6 is 0 Å². The van der Waals surface area contributed by atoms with Gasteiger partial charge in [-0.1, -0.05) is 12.1 Å². The summed E-state index contributed by atoms with van der Waals surface area (Å²) in [6.07, 6.45) is 1.25. The largest absolute Gasteiger partial charge is 0.366 e. The van der Waals surface area contributed by atoms with Gasteiger partial charge in [-0.05, 0) is 0 Å². The Hall–Kier alpha value is -2.37.